The summed E-state index contributed by atoms with van der Waals surface area (Å²) in [5.74, 6) is 0.825. The Labute approximate surface area is 84.5 Å². The molecule has 1 nitrogen and oxygen atoms in total. The van der Waals surface area contributed by atoms with E-state index in [0.717, 1.165) is 12.0 Å². The Hall–Kier alpha value is -0.0400. The Morgan fingerprint density at radius 2 is 1.38 bits per heavy atom. The molecule has 0 aromatic carbocycles. The second-order valence-corrected chi connectivity index (χ2v) is 4.51. The molecular weight excluding hydrogens is 158 g/mol. The Morgan fingerprint density at radius 3 is 1.69 bits per heavy atom. The molecule has 0 aliphatic carbocycles. The molecular formula is C12H27N. The van der Waals surface area contributed by atoms with Gasteiger partial charge < -0.3 is 4.90 Å². The summed E-state index contributed by atoms with van der Waals surface area (Å²) in [5.41, 5.74) is 0. The van der Waals surface area contributed by atoms with Crippen molar-refractivity contribution in [3.8, 4) is 0 Å². The van der Waals surface area contributed by atoms with Crippen molar-refractivity contribution in [3.63, 3.8) is 0 Å². The van der Waals surface area contributed by atoms with Gasteiger partial charge in [-0.3, -0.25) is 0 Å². The zero-order valence-corrected chi connectivity index (χ0v) is 10.1. The molecule has 1 unspecified atom stereocenters. The van der Waals surface area contributed by atoms with Crippen LogP contribution in [-0.2, 0) is 0 Å². The van der Waals surface area contributed by atoms with E-state index in [0.29, 0.717) is 0 Å². The van der Waals surface area contributed by atoms with E-state index in [1.54, 1.807) is 0 Å². The molecule has 80 valence electrons. The topological polar surface area (TPSA) is 3.24 Å². The van der Waals surface area contributed by atoms with Gasteiger partial charge in [0.15, 0.2) is 0 Å². The van der Waals surface area contributed by atoms with Crippen molar-refractivity contribution in [1.29, 1.82) is 0 Å². The summed E-state index contributed by atoms with van der Waals surface area (Å²) in [7, 11) is 0. The van der Waals surface area contributed by atoms with E-state index >= 15 is 0 Å². The van der Waals surface area contributed by atoms with E-state index in [-0.39, 0.29) is 0 Å². The first kappa shape index (κ1) is 13.0. The second-order valence-electron chi connectivity index (χ2n) is 4.51. The van der Waals surface area contributed by atoms with Crippen LogP contribution in [0.25, 0.3) is 0 Å². The normalized spacial score (nSPS) is 14.1. The van der Waals surface area contributed by atoms with Crippen molar-refractivity contribution >= 4 is 0 Å². The number of hydrogen-bond acceptors (Lipinski definition) is 1. The first-order valence-electron chi connectivity index (χ1n) is 5.85. The SMILES string of the molecule is CCCN(CCC)C(C)CC(C)C. The summed E-state index contributed by atoms with van der Waals surface area (Å²) in [6.07, 6.45) is 3.89. The third-order valence-electron chi connectivity index (χ3n) is 2.46. The van der Waals surface area contributed by atoms with Gasteiger partial charge in [0.05, 0.1) is 0 Å². The Balaban J connectivity index is 3.86. The Kier molecular flexibility index (Phi) is 7.35. The monoisotopic (exact) mass is 185 g/mol. The molecule has 0 saturated heterocycles. The molecule has 0 fully saturated rings. The lowest BCUT2D eigenvalue weighted by Gasteiger charge is -2.29. The lowest BCUT2D eigenvalue weighted by Crippen LogP contribution is -2.35. The predicted octanol–water partition coefficient (Wildman–Crippen LogP) is 3.54. The largest absolute Gasteiger partial charge is 0.301 e. The Morgan fingerprint density at radius 1 is 0.923 bits per heavy atom. The van der Waals surface area contributed by atoms with Gasteiger partial charge in [-0.1, -0.05) is 27.7 Å². The summed E-state index contributed by atoms with van der Waals surface area (Å²) >= 11 is 0. The average Bonchev–Trinajstić information content (AvgIpc) is 2.02. The van der Waals surface area contributed by atoms with Gasteiger partial charge in [-0.15, -0.1) is 0 Å². The van der Waals surface area contributed by atoms with E-state index in [1.807, 2.05) is 0 Å². The highest BCUT2D eigenvalue weighted by molar-refractivity contribution is 4.67. The van der Waals surface area contributed by atoms with Crippen LogP contribution in [0.1, 0.15) is 53.9 Å². The van der Waals surface area contributed by atoms with Crippen LogP contribution >= 0.6 is 0 Å². The molecule has 0 N–H and O–H groups in total. The highest BCUT2D eigenvalue weighted by Gasteiger charge is 2.12. The Bertz CT molecular complexity index is 104. The van der Waals surface area contributed by atoms with Crippen molar-refractivity contribution < 1.29 is 0 Å². The molecule has 0 aliphatic rings. The third kappa shape index (κ3) is 6.09. The molecule has 0 spiro atoms. The van der Waals surface area contributed by atoms with Crippen LogP contribution in [0.2, 0.25) is 0 Å². The molecule has 13 heavy (non-hydrogen) atoms. The van der Waals surface area contributed by atoms with Crippen LogP contribution in [0.15, 0.2) is 0 Å². The van der Waals surface area contributed by atoms with Gasteiger partial charge in [-0.25, -0.2) is 0 Å². The van der Waals surface area contributed by atoms with Gasteiger partial charge in [-0.2, -0.15) is 0 Å². The fourth-order valence-electron chi connectivity index (χ4n) is 1.96. The zero-order valence-electron chi connectivity index (χ0n) is 10.1. The number of nitrogens with zero attached hydrogens (tertiary/aromatic N) is 1. The van der Waals surface area contributed by atoms with Gasteiger partial charge in [-0.05, 0) is 45.2 Å². The van der Waals surface area contributed by atoms with Crippen molar-refractivity contribution in [1.82, 2.24) is 4.90 Å². The smallest absolute Gasteiger partial charge is 0.00693 e. The first-order chi connectivity index (χ1) is 6.11. The third-order valence-corrected chi connectivity index (χ3v) is 2.46. The van der Waals surface area contributed by atoms with Gasteiger partial charge in [0.2, 0.25) is 0 Å². The van der Waals surface area contributed by atoms with E-state index in [1.165, 1.54) is 32.4 Å². The quantitative estimate of drug-likeness (QED) is 0.586. The molecule has 0 rings (SSSR count). The van der Waals surface area contributed by atoms with Crippen LogP contribution in [0.3, 0.4) is 0 Å². The standard InChI is InChI=1S/C12H27N/c1-6-8-13(9-7-2)12(5)10-11(3)4/h11-12H,6-10H2,1-5H3. The average molecular weight is 185 g/mol. The molecule has 0 amide bonds. The van der Waals surface area contributed by atoms with E-state index in [9.17, 15) is 0 Å². The summed E-state index contributed by atoms with van der Waals surface area (Å²) < 4.78 is 0. The van der Waals surface area contributed by atoms with Gasteiger partial charge in [0, 0.05) is 6.04 Å². The van der Waals surface area contributed by atoms with Crippen LogP contribution in [-0.4, -0.2) is 24.0 Å². The van der Waals surface area contributed by atoms with Crippen molar-refractivity contribution in [2.24, 2.45) is 5.92 Å². The van der Waals surface area contributed by atoms with Crippen LogP contribution < -0.4 is 0 Å². The predicted molar refractivity (Wildman–Crippen MR) is 61.1 cm³/mol. The minimum absolute atomic E-state index is 0.764. The minimum atomic E-state index is 0.764. The lowest BCUT2D eigenvalue weighted by molar-refractivity contribution is 0.186. The van der Waals surface area contributed by atoms with Gasteiger partial charge in [0.25, 0.3) is 0 Å². The zero-order chi connectivity index (χ0) is 10.3. The molecule has 0 aromatic rings. The van der Waals surface area contributed by atoms with E-state index in [2.05, 4.69) is 39.5 Å². The second kappa shape index (κ2) is 7.37. The number of hydrogen-bond donors (Lipinski definition) is 0. The fourth-order valence-corrected chi connectivity index (χ4v) is 1.96. The minimum Gasteiger partial charge on any atom is -0.301 e. The molecule has 0 bridgehead atoms. The van der Waals surface area contributed by atoms with E-state index < -0.39 is 0 Å². The summed E-state index contributed by atoms with van der Waals surface area (Å²) in [6.45, 7) is 14.1. The highest BCUT2D eigenvalue weighted by Crippen LogP contribution is 2.11. The van der Waals surface area contributed by atoms with Crippen molar-refractivity contribution in [2.75, 3.05) is 13.1 Å². The maximum absolute atomic E-state index is 2.62. The van der Waals surface area contributed by atoms with Crippen molar-refractivity contribution in [2.45, 2.75) is 59.9 Å². The molecule has 0 heterocycles. The molecule has 1 heteroatoms. The van der Waals surface area contributed by atoms with Crippen molar-refractivity contribution in [3.05, 3.63) is 0 Å². The van der Waals surface area contributed by atoms with E-state index in [4.69, 9.17) is 0 Å². The van der Waals surface area contributed by atoms with Gasteiger partial charge in [0.1, 0.15) is 0 Å². The molecule has 0 radical (unpaired) electrons. The highest BCUT2D eigenvalue weighted by atomic mass is 15.1. The van der Waals surface area contributed by atoms with Crippen LogP contribution in [0, 0.1) is 5.92 Å². The molecule has 0 aliphatic heterocycles. The summed E-state index contributed by atoms with van der Waals surface area (Å²) in [6, 6.07) is 0.764. The number of rotatable bonds is 7. The molecule has 1 atom stereocenters. The maximum Gasteiger partial charge on any atom is 0.00693 e. The summed E-state index contributed by atoms with van der Waals surface area (Å²) in [5, 5.41) is 0. The van der Waals surface area contributed by atoms with Crippen LogP contribution in [0.5, 0.6) is 0 Å². The summed E-state index contributed by atoms with van der Waals surface area (Å²) in [4.78, 5) is 2.62. The maximum atomic E-state index is 2.62. The fraction of sp³-hybridized carbons (Fsp3) is 1.00. The lowest BCUT2D eigenvalue weighted by atomic mass is 10.0. The molecule has 0 saturated carbocycles. The van der Waals surface area contributed by atoms with Gasteiger partial charge >= 0.3 is 0 Å². The first-order valence-corrected chi connectivity index (χ1v) is 5.85. The van der Waals surface area contributed by atoms with Crippen LogP contribution in [0.4, 0.5) is 0 Å². The molecule has 0 aromatic heterocycles.